The molecule has 2 amide bonds. The molecule has 2 aromatic heterocycles. The van der Waals surface area contributed by atoms with Crippen molar-refractivity contribution >= 4 is 58.1 Å². The number of anilines is 2. The minimum absolute atomic E-state index is 0.00390. The smallest absolute Gasteiger partial charge is 0.299 e. The number of carbonyl (C=O) groups excluding carboxylic acids is 2. The van der Waals surface area contributed by atoms with Crippen LogP contribution in [-0.4, -0.2) is 38.0 Å². The number of halogens is 3. The van der Waals surface area contributed by atoms with Crippen LogP contribution in [0.3, 0.4) is 0 Å². The zero-order valence-electron chi connectivity index (χ0n) is 28.7. The first kappa shape index (κ1) is 36.8. The molecule has 2 heterocycles. The Labute approximate surface area is 305 Å². The van der Waals surface area contributed by atoms with E-state index in [1.54, 1.807) is 30.5 Å². The molecular weight excluding hydrogens is 699 g/mol. The topological polar surface area (TPSA) is 123 Å². The molecule has 0 unspecified atom stereocenters. The third-order valence-corrected chi connectivity index (χ3v) is 9.86. The average Bonchev–Trinajstić information content (AvgIpc) is 3.71. The second-order valence-electron chi connectivity index (χ2n) is 13.2. The van der Waals surface area contributed by atoms with Gasteiger partial charge in [0.05, 0.1) is 10.0 Å². The van der Waals surface area contributed by atoms with E-state index < -0.39 is 11.5 Å². The van der Waals surface area contributed by atoms with E-state index in [1.165, 1.54) is 34.6 Å². The van der Waals surface area contributed by atoms with Gasteiger partial charge in [-0.15, -0.1) is 0 Å². The molecule has 0 spiro atoms. The van der Waals surface area contributed by atoms with Crippen LogP contribution in [0.2, 0.25) is 15.1 Å². The van der Waals surface area contributed by atoms with Gasteiger partial charge in [0.2, 0.25) is 0 Å². The number of H-pyrrole nitrogens is 1. The highest BCUT2D eigenvalue weighted by atomic mass is 35.5. The molecule has 0 saturated carbocycles. The Morgan fingerprint density at radius 2 is 1.58 bits per heavy atom. The molecule has 3 aromatic carbocycles. The van der Waals surface area contributed by atoms with Crippen molar-refractivity contribution in [2.75, 3.05) is 17.2 Å². The first-order chi connectivity index (χ1) is 23.6. The number of benzene rings is 3. The molecule has 0 saturated heterocycles. The van der Waals surface area contributed by atoms with E-state index >= 15 is 0 Å². The van der Waals surface area contributed by atoms with Gasteiger partial charge in [-0.1, -0.05) is 94.5 Å². The molecule has 262 valence electrons. The highest BCUT2D eigenvalue weighted by Gasteiger charge is 2.27. The fourth-order valence-electron chi connectivity index (χ4n) is 5.30. The van der Waals surface area contributed by atoms with Crippen LogP contribution < -0.4 is 20.9 Å². The number of rotatable bonds is 12. The molecule has 0 fully saturated rings. The fraction of sp³-hybridized carbons (Fsp3) is 0.297. The molecule has 50 heavy (non-hydrogen) atoms. The van der Waals surface area contributed by atoms with E-state index in [1.807, 2.05) is 6.07 Å². The van der Waals surface area contributed by atoms with Crippen molar-refractivity contribution in [1.29, 1.82) is 0 Å². The van der Waals surface area contributed by atoms with Crippen molar-refractivity contribution in [1.82, 2.24) is 19.6 Å². The van der Waals surface area contributed by atoms with Crippen LogP contribution in [0.1, 0.15) is 75.9 Å². The average molecular weight is 738 g/mol. The monoisotopic (exact) mass is 736 g/mol. The number of aromatic nitrogens is 4. The van der Waals surface area contributed by atoms with Crippen LogP contribution >= 0.6 is 34.8 Å². The Kier molecular flexibility index (Phi) is 10.9. The van der Waals surface area contributed by atoms with E-state index in [9.17, 15) is 14.4 Å². The molecule has 0 aliphatic heterocycles. The molecule has 0 atom stereocenters. The number of nitrogens with zero attached hydrogens (tertiary/aromatic N) is 3. The molecule has 10 nitrogen and oxygen atoms in total. The predicted octanol–water partition coefficient (Wildman–Crippen LogP) is 8.96. The van der Waals surface area contributed by atoms with Gasteiger partial charge in [-0.25, -0.2) is 9.36 Å². The number of amides is 2. The van der Waals surface area contributed by atoms with E-state index in [4.69, 9.17) is 39.5 Å². The highest BCUT2D eigenvalue weighted by molar-refractivity contribution is 6.40. The molecule has 13 heteroatoms. The van der Waals surface area contributed by atoms with Crippen LogP contribution in [0.25, 0.3) is 11.4 Å². The molecule has 5 rings (SSSR count). The van der Waals surface area contributed by atoms with Gasteiger partial charge in [0.25, 0.3) is 17.4 Å². The molecule has 0 bridgehead atoms. The van der Waals surface area contributed by atoms with Gasteiger partial charge in [0, 0.05) is 34.2 Å². The van der Waals surface area contributed by atoms with Gasteiger partial charge in [0.1, 0.15) is 11.4 Å². The lowest BCUT2D eigenvalue weighted by atomic mass is 9.76. The molecule has 3 N–H and O–H groups in total. The van der Waals surface area contributed by atoms with Crippen molar-refractivity contribution in [3.8, 4) is 17.1 Å². The van der Waals surface area contributed by atoms with Crippen molar-refractivity contribution in [3.05, 3.63) is 115 Å². The summed E-state index contributed by atoms with van der Waals surface area (Å²) in [7, 11) is 0. The molecule has 0 aliphatic carbocycles. The largest absolute Gasteiger partial charge is 0.483 e. The van der Waals surface area contributed by atoms with Crippen molar-refractivity contribution in [2.24, 2.45) is 0 Å². The predicted molar refractivity (Wildman–Crippen MR) is 200 cm³/mol. The lowest BCUT2D eigenvalue weighted by molar-refractivity contribution is -0.118. The van der Waals surface area contributed by atoms with Crippen molar-refractivity contribution in [2.45, 2.75) is 65.2 Å². The Morgan fingerprint density at radius 1 is 0.880 bits per heavy atom. The summed E-state index contributed by atoms with van der Waals surface area (Å²) < 4.78 is 8.49. The van der Waals surface area contributed by atoms with Gasteiger partial charge in [0.15, 0.2) is 18.1 Å². The highest BCUT2D eigenvalue weighted by Crippen LogP contribution is 2.38. The van der Waals surface area contributed by atoms with Gasteiger partial charge in [-0.3, -0.25) is 19.5 Å². The number of hydrogen-bond donors (Lipinski definition) is 3. The summed E-state index contributed by atoms with van der Waals surface area (Å²) in [4.78, 5) is 40.2. The van der Waals surface area contributed by atoms with Gasteiger partial charge >= 0.3 is 0 Å². The number of aromatic amines is 1. The Balaban J connectivity index is 1.35. The number of ether oxygens (including phenoxy) is 1. The maximum atomic E-state index is 13.6. The Hall–Kier alpha value is -4.51. The first-order valence-corrected chi connectivity index (χ1v) is 17.3. The minimum atomic E-state index is -0.578. The van der Waals surface area contributed by atoms with Gasteiger partial charge in [-0.05, 0) is 71.7 Å². The van der Waals surface area contributed by atoms with Gasteiger partial charge in [-0.2, -0.15) is 5.10 Å². The lowest BCUT2D eigenvalue weighted by Gasteiger charge is -2.30. The summed E-state index contributed by atoms with van der Waals surface area (Å²) in [5, 5.41) is 13.1. The normalized spacial score (nSPS) is 11.8. The Bertz CT molecular complexity index is 2080. The van der Waals surface area contributed by atoms with E-state index in [0.717, 1.165) is 23.1 Å². The third-order valence-electron chi connectivity index (χ3n) is 9.07. The maximum Gasteiger partial charge on any atom is 0.299 e. The first-order valence-electron chi connectivity index (χ1n) is 16.1. The summed E-state index contributed by atoms with van der Waals surface area (Å²) in [6.45, 7) is 12.8. The summed E-state index contributed by atoms with van der Waals surface area (Å²) in [5.74, 6) is -0.257. The van der Waals surface area contributed by atoms with Crippen LogP contribution in [0.15, 0.2) is 77.9 Å². The summed E-state index contributed by atoms with van der Waals surface area (Å²) in [5.41, 5.74) is 2.30. The van der Waals surface area contributed by atoms with E-state index in [0.29, 0.717) is 11.4 Å². The molecule has 0 radical (unpaired) electrons. The summed E-state index contributed by atoms with van der Waals surface area (Å²) in [6, 6.07) is 17.1. The lowest BCUT2D eigenvalue weighted by Crippen LogP contribution is -2.24. The van der Waals surface area contributed by atoms with Crippen LogP contribution in [0, 0.1) is 0 Å². The SMILES string of the molecule is CCC(C)(C)c1ccc(OCC(=O)Nc2cccc(C(=O)Nc3[nH]n(-c4c(Cl)cc(Cl)cc4Cl)c(=O)c3-n3cccn3)c2)c(C(C)(C)CC)c1. The maximum absolute atomic E-state index is 13.6. The summed E-state index contributed by atoms with van der Waals surface area (Å²) in [6.07, 6.45) is 4.93. The standard InChI is InChI=1S/C37H39Cl3N6O4/c1-7-36(3,4)23-13-14-29(26(18-23)37(5,6)8-2)50-21-30(47)42-25-12-9-11-22(17-25)34(48)43-33-32(45-16-10-15-41-45)35(49)46(44-33)31-27(39)19-24(38)20-28(31)40/h9-20,44H,7-8,21H2,1-6H3,(H,42,47)(H,43,48). The van der Waals surface area contributed by atoms with Crippen molar-refractivity contribution in [3.63, 3.8) is 0 Å². The second kappa shape index (κ2) is 14.8. The van der Waals surface area contributed by atoms with E-state index in [-0.39, 0.29) is 61.2 Å². The quantitative estimate of drug-likeness (QED) is 0.118. The van der Waals surface area contributed by atoms with Gasteiger partial charge < -0.3 is 15.4 Å². The number of carbonyl (C=O) groups is 2. The zero-order valence-corrected chi connectivity index (χ0v) is 30.9. The molecule has 0 aliphatic rings. The number of hydrogen-bond acceptors (Lipinski definition) is 5. The summed E-state index contributed by atoms with van der Waals surface area (Å²) >= 11 is 18.9. The number of nitrogens with one attached hydrogen (secondary N) is 3. The van der Waals surface area contributed by atoms with E-state index in [2.05, 4.69) is 74.5 Å². The molecule has 5 aromatic rings. The van der Waals surface area contributed by atoms with Crippen LogP contribution in [0.5, 0.6) is 5.75 Å². The molecular formula is C37H39Cl3N6O4. The van der Waals surface area contributed by atoms with Crippen LogP contribution in [-0.2, 0) is 15.6 Å². The third kappa shape index (κ3) is 7.78. The minimum Gasteiger partial charge on any atom is -0.483 e. The van der Waals surface area contributed by atoms with Crippen LogP contribution in [0.4, 0.5) is 11.5 Å². The second-order valence-corrected chi connectivity index (χ2v) is 14.5. The fourth-order valence-corrected chi connectivity index (χ4v) is 6.29. The Morgan fingerprint density at radius 3 is 2.22 bits per heavy atom. The van der Waals surface area contributed by atoms with Crippen molar-refractivity contribution < 1.29 is 14.3 Å². The zero-order chi connectivity index (χ0) is 36.4.